The zero-order valence-corrected chi connectivity index (χ0v) is 9.07. The van der Waals surface area contributed by atoms with Gasteiger partial charge in [0, 0.05) is 19.8 Å². The summed E-state index contributed by atoms with van der Waals surface area (Å²) < 4.78 is 0. The third-order valence-electron chi connectivity index (χ3n) is 2.41. The van der Waals surface area contributed by atoms with Crippen molar-refractivity contribution in [3.05, 3.63) is 23.9 Å². The molecule has 0 radical (unpaired) electrons. The average Bonchev–Trinajstić information content (AvgIpc) is 2.27. The number of hydrogen-bond donors (Lipinski definition) is 1. The lowest BCUT2D eigenvalue weighted by atomic mass is 10.1. The van der Waals surface area contributed by atoms with Gasteiger partial charge in [-0.25, -0.2) is 4.98 Å². The van der Waals surface area contributed by atoms with E-state index in [-0.39, 0.29) is 6.10 Å². The molecular weight excluding hydrogens is 176 g/mol. The van der Waals surface area contributed by atoms with Crippen molar-refractivity contribution in [3.8, 4) is 0 Å². The van der Waals surface area contributed by atoms with E-state index in [2.05, 4.69) is 16.8 Å². The predicted octanol–water partition coefficient (Wildman–Crippen LogP) is 1.98. The number of anilines is 1. The minimum absolute atomic E-state index is 0.386. The van der Waals surface area contributed by atoms with Crippen molar-refractivity contribution in [3.63, 3.8) is 0 Å². The molecule has 0 aliphatic rings. The summed E-state index contributed by atoms with van der Waals surface area (Å²) in [4.78, 5) is 6.34. The molecule has 1 atom stereocenters. The molecule has 1 heterocycles. The first-order valence-electron chi connectivity index (χ1n) is 5.04. The van der Waals surface area contributed by atoms with E-state index in [0.29, 0.717) is 0 Å². The molecule has 3 heteroatoms. The third kappa shape index (κ3) is 2.45. The van der Waals surface area contributed by atoms with Gasteiger partial charge in [0.1, 0.15) is 5.82 Å². The Morgan fingerprint density at radius 1 is 1.43 bits per heavy atom. The first kappa shape index (κ1) is 11.0. The molecule has 0 fully saturated rings. The van der Waals surface area contributed by atoms with Crippen LogP contribution in [0.4, 0.5) is 5.82 Å². The normalized spacial score (nSPS) is 12.6. The van der Waals surface area contributed by atoms with Gasteiger partial charge < -0.3 is 10.0 Å². The molecule has 0 bridgehead atoms. The van der Waals surface area contributed by atoms with Crippen LogP contribution in [0.15, 0.2) is 18.3 Å². The zero-order chi connectivity index (χ0) is 10.6. The van der Waals surface area contributed by atoms with E-state index in [1.54, 1.807) is 6.20 Å². The number of aliphatic hydroxyl groups excluding tert-OH is 1. The molecule has 0 amide bonds. The van der Waals surface area contributed by atoms with Crippen molar-refractivity contribution in [2.24, 2.45) is 0 Å². The Bertz CT molecular complexity index is 242. The van der Waals surface area contributed by atoms with E-state index in [1.165, 1.54) is 0 Å². The lowest BCUT2D eigenvalue weighted by molar-refractivity contribution is 0.173. The van der Waals surface area contributed by atoms with Gasteiger partial charge in [-0.05, 0) is 25.0 Å². The average molecular weight is 194 g/mol. The molecule has 1 aromatic rings. The molecule has 0 aromatic carbocycles. The van der Waals surface area contributed by atoms with Crippen LogP contribution in [0.1, 0.15) is 31.9 Å². The van der Waals surface area contributed by atoms with E-state index >= 15 is 0 Å². The maximum Gasteiger partial charge on any atom is 0.128 e. The van der Waals surface area contributed by atoms with Crippen molar-refractivity contribution in [1.29, 1.82) is 0 Å². The van der Waals surface area contributed by atoms with Crippen molar-refractivity contribution in [2.75, 3.05) is 18.5 Å². The molecule has 0 aliphatic carbocycles. The maximum atomic E-state index is 9.56. The third-order valence-corrected chi connectivity index (χ3v) is 2.41. The van der Waals surface area contributed by atoms with Gasteiger partial charge in [0.25, 0.3) is 0 Å². The van der Waals surface area contributed by atoms with E-state index in [4.69, 9.17) is 0 Å². The fourth-order valence-electron chi connectivity index (χ4n) is 1.22. The summed E-state index contributed by atoms with van der Waals surface area (Å²) in [5, 5.41) is 9.56. The SMILES string of the molecule is CC[C@@H](O)c1ccc(N(C)CC)nc1. The molecule has 0 aliphatic heterocycles. The van der Waals surface area contributed by atoms with Crippen LogP contribution in [-0.4, -0.2) is 23.7 Å². The fraction of sp³-hybridized carbons (Fsp3) is 0.545. The highest BCUT2D eigenvalue weighted by Gasteiger charge is 2.05. The molecule has 0 spiro atoms. The largest absolute Gasteiger partial charge is 0.388 e. The number of aromatic nitrogens is 1. The number of pyridine rings is 1. The predicted molar refractivity (Wildman–Crippen MR) is 58.4 cm³/mol. The Kier molecular flexibility index (Phi) is 3.89. The van der Waals surface area contributed by atoms with Gasteiger partial charge in [-0.3, -0.25) is 0 Å². The Balaban J connectivity index is 2.78. The summed E-state index contributed by atoms with van der Waals surface area (Å²) in [7, 11) is 2.00. The van der Waals surface area contributed by atoms with Crippen molar-refractivity contribution in [1.82, 2.24) is 4.98 Å². The summed E-state index contributed by atoms with van der Waals surface area (Å²) in [6.07, 6.45) is 2.09. The summed E-state index contributed by atoms with van der Waals surface area (Å²) >= 11 is 0. The molecule has 3 nitrogen and oxygen atoms in total. The van der Waals surface area contributed by atoms with Crippen LogP contribution in [0.2, 0.25) is 0 Å². The second-order valence-electron chi connectivity index (χ2n) is 3.39. The quantitative estimate of drug-likeness (QED) is 0.796. The van der Waals surface area contributed by atoms with Crippen molar-refractivity contribution in [2.45, 2.75) is 26.4 Å². The molecule has 0 unspecified atom stereocenters. The minimum atomic E-state index is -0.386. The monoisotopic (exact) mass is 194 g/mol. The van der Waals surface area contributed by atoms with Gasteiger partial charge in [0.2, 0.25) is 0 Å². The Morgan fingerprint density at radius 3 is 2.57 bits per heavy atom. The first-order valence-corrected chi connectivity index (χ1v) is 5.04. The fourth-order valence-corrected chi connectivity index (χ4v) is 1.22. The number of rotatable bonds is 4. The van der Waals surface area contributed by atoms with Crippen LogP contribution in [0.5, 0.6) is 0 Å². The molecule has 78 valence electrons. The van der Waals surface area contributed by atoms with Crippen LogP contribution < -0.4 is 4.90 Å². The second kappa shape index (κ2) is 4.96. The summed E-state index contributed by atoms with van der Waals surface area (Å²) in [5.74, 6) is 0.944. The Morgan fingerprint density at radius 2 is 2.14 bits per heavy atom. The van der Waals surface area contributed by atoms with Gasteiger partial charge in [-0.1, -0.05) is 13.0 Å². The molecule has 14 heavy (non-hydrogen) atoms. The van der Waals surface area contributed by atoms with Crippen LogP contribution in [-0.2, 0) is 0 Å². The summed E-state index contributed by atoms with van der Waals surface area (Å²) in [6, 6.07) is 3.88. The first-order chi connectivity index (χ1) is 6.69. The van der Waals surface area contributed by atoms with E-state index < -0.39 is 0 Å². The van der Waals surface area contributed by atoms with Gasteiger partial charge in [-0.15, -0.1) is 0 Å². The highest BCUT2D eigenvalue weighted by molar-refractivity contribution is 5.38. The highest BCUT2D eigenvalue weighted by Crippen LogP contribution is 2.17. The Hall–Kier alpha value is -1.09. The van der Waals surface area contributed by atoms with Gasteiger partial charge in [-0.2, -0.15) is 0 Å². The van der Waals surface area contributed by atoms with Crippen molar-refractivity contribution < 1.29 is 5.11 Å². The highest BCUT2D eigenvalue weighted by atomic mass is 16.3. The van der Waals surface area contributed by atoms with Gasteiger partial charge >= 0.3 is 0 Å². The molecule has 1 aromatic heterocycles. The molecule has 0 saturated carbocycles. The Labute approximate surface area is 85.4 Å². The van der Waals surface area contributed by atoms with E-state index in [9.17, 15) is 5.11 Å². The lowest BCUT2D eigenvalue weighted by Crippen LogP contribution is -2.17. The molecular formula is C11H18N2O. The van der Waals surface area contributed by atoms with Crippen LogP contribution in [0, 0.1) is 0 Å². The summed E-state index contributed by atoms with van der Waals surface area (Å²) in [6.45, 7) is 4.97. The standard InChI is InChI=1S/C11H18N2O/c1-4-10(14)9-6-7-11(12-8-9)13(3)5-2/h6-8,10,14H,4-5H2,1-3H3/t10-/m1/s1. The molecule has 0 saturated heterocycles. The van der Waals surface area contributed by atoms with E-state index in [1.807, 2.05) is 26.1 Å². The topological polar surface area (TPSA) is 36.4 Å². The van der Waals surface area contributed by atoms with Crippen LogP contribution in [0.3, 0.4) is 0 Å². The van der Waals surface area contributed by atoms with Crippen LogP contribution >= 0.6 is 0 Å². The minimum Gasteiger partial charge on any atom is -0.388 e. The molecule has 1 rings (SSSR count). The summed E-state index contributed by atoms with van der Waals surface area (Å²) in [5.41, 5.74) is 0.890. The molecule has 1 N–H and O–H groups in total. The zero-order valence-electron chi connectivity index (χ0n) is 9.07. The second-order valence-corrected chi connectivity index (χ2v) is 3.39. The number of nitrogens with zero attached hydrogens (tertiary/aromatic N) is 2. The van der Waals surface area contributed by atoms with Crippen LogP contribution in [0.25, 0.3) is 0 Å². The number of aliphatic hydroxyl groups is 1. The smallest absolute Gasteiger partial charge is 0.128 e. The lowest BCUT2D eigenvalue weighted by Gasteiger charge is -2.16. The van der Waals surface area contributed by atoms with Crippen molar-refractivity contribution >= 4 is 5.82 Å². The number of hydrogen-bond acceptors (Lipinski definition) is 3. The van der Waals surface area contributed by atoms with E-state index in [0.717, 1.165) is 24.3 Å². The van der Waals surface area contributed by atoms with Gasteiger partial charge in [0.05, 0.1) is 6.10 Å². The maximum absolute atomic E-state index is 9.56. The van der Waals surface area contributed by atoms with Gasteiger partial charge in [0.15, 0.2) is 0 Å².